The van der Waals surface area contributed by atoms with Crippen molar-refractivity contribution in [1.82, 2.24) is 9.80 Å². The normalized spacial score (nSPS) is 19.3. The molecule has 1 amide bonds. The van der Waals surface area contributed by atoms with E-state index in [9.17, 15) is 4.79 Å². The van der Waals surface area contributed by atoms with Crippen molar-refractivity contribution in [1.29, 1.82) is 0 Å². The highest BCUT2D eigenvalue weighted by atomic mass is 16.2. The van der Waals surface area contributed by atoms with Gasteiger partial charge in [0.1, 0.15) is 0 Å². The van der Waals surface area contributed by atoms with E-state index in [1.807, 2.05) is 4.90 Å². The molecule has 0 radical (unpaired) electrons. The second kappa shape index (κ2) is 7.74. The summed E-state index contributed by atoms with van der Waals surface area (Å²) in [7, 11) is 0. The molecule has 4 nitrogen and oxygen atoms in total. The molecule has 2 N–H and O–H groups in total. The largest absolute Gasteiger partial charge is 0.340 e. The summed E-state index contributed by atoms with van der Waals surface area (Å²) < 4.78 is 0. The Hall–Kier alpha value is -0.610. The van der Waals surface area contributed by atoms with Gasteiger partial charge in [0.2, 0.25) is 5.91 Å². The monoisotopic (exact) mass is 255 g/mol. The van der Waals surface area contributed by atoms with Gasteiger partial charge in [-0.3, -0.25) is 9.69 Å². The molecule has 0 aromatic rings. The first-order valence-corrected chi connectivity index (χ1v) is 7.23. The van der Waals surface area contributed by atoms with Crippen LogP contribution >= 0.6 is 0 Å². The van der Waals surface area contributed by atoms with Crippen LogP contribution in [0.3, 0.4) is 0 Å². The third-order valence-corrected chi connectivity index (χ3v) is 3.63. The summed E-state index contributed by atoms with van der Waals surface area (Å²) in [5.41, 5.74) is 5.64. The second-order valence-corrected chi connectivity index (χ2v) is 5.95. The number of carbonyl (C=O) groups is 1. The van der Waals surface area contributed by atoms with Crippen molar-refractivity contribution in [2.75, 3.05) is 39.3 Å². The van der Waals surface area contributed by atoms with Crippen LogP contribution in [0.2, 0.25) is 0 Å². The van der Waals surface area contributed by atoms with Crippen LogP contribution in [0.4, 0.5) is 0 Å². The second-order valence-electron chi connectivity index (χ2n) is 5.95. The molecule has 0 aromatic heterocycles. The first kappa shape index (κ1) is 15.4. The number of nitrogens with zero attached hydrogens (tertiary/aromatic N) is 2. The number of piperazine rings is 1. The fraction of sp³-hybridized carbons (Fsp3) is 0.929. The molecule has 1 fully saturated rings. The maximum Gasteiger partial charge on any atom is 0.222 e. The lowest BCUT2D eigenvalue weighted by Gasteiger charge is -2.36. The van der Waals surface area contributed by atoms with Gasteiger partial charge in [-0.05, 0) is 24.8 Å². The number of carbonyl (C=O) groups excluding carboxylic acids is 1. The lowest BCUT2D eigenvalue weighted by Crippen LogP contribution is -2.50. The molecular formula is C14H29N3O. The lowest BCUT2D eigenvalue weighted by molar-refractivity contribution is -0.133. The van der Waals surface area contributed by atoms with Gasteiger partial charge in [0, 0.05) is 39.1 Å². The van der Waals surface area contributed by atoms with Crippen molar-refractivity contribution >= 4 is 5.91 Å². The van der Waals surface area contributed by atoms with E-state index in [2.05, 4.69) is 25.7 Å². The Labute approximate surface area is 111 Å². The van der Waals surface area contributed by atoms with E-state index in [4.69, 9.17) is 5.73 Å². The fourth-order valence-electron chi connectivity index (χ4n) is 2.27. The standard InChI is InChI=1S/C14H29N3O/c1-12(2)4-5-14(18)17-8-6-16(7-9-17)11-13(3)10-15/h12-13H,4-11,15H2,1-3H3. The Balaban J connectivity index is 2.24. The van der Waals surface area contributed by atoms with Crippen molar-refractivity contribution in [2.45, 2.75) is 33.6 Å². The molecule has 0 aliphatic carbocycles. The summed E-state index contributed by atoms with van der Waals surface area (Å²) in [6, 6.07) is 0. The molecule has 1 heterocycles. The number of rotatable bonds is 6. The summed E-state index contributed by atoms with van der Waals surface area (Å²) >= 11 is 0. The van der Waals surface area contributed by atoms with Crippen LogP contribution in [0.25, 0.3) is 0 Å². The molecule has 1 aliphatic rings. The minimum atomic E-state index is 0.329. The van der Waals surface area contributed by atoms with Crippen LogP contribution in [0, 0.1) is 11.8 Å². The van der Waals surface area contributed by atoms with Gasteiger partial charge in [0.15, 0.2) is 0 Å². The van der Waals surface area contributed by atoms with Crippen LogP contribution in [0.1, 0.15) is 33.6 Å². The summed E-state index contributed by atoms with van der Waals surface area (Å²) in [6.07, 6.45) is 1.71. The van der Waals surface area contributed by atoms with Gasteiger partial charge in [-0.2, -0.15) is 0 Å². The van der Waals surface area contributed by atoms with E-state index in [0.29, 0.717) is 24.2 Å². The van der Waals surface area contributed by atoms with Gasteiger partial charge in [-0.25, -0.2) is 0 Å². The highest BCUT2D eigenvalue weighted by Crippen LogP contribution is 2.10. The molecule has 0 bridgehead atoms. The minimum Gasteiger partial charge on any atom is -0.340 e. The quantitative estimate of drug-likeness (QED) is 0.775. The minimum absolute atomic E-state index is 0.329. The van der Waals surface area contributed by atoms with Crippen LogP contribution in [0.5, 0.6) is 0 Å². The van der Waals surface area contributed by atoms with Crippen molar-refractivity contribution < 1.29 is 4.79 Å². The number of hydrogen-bond donors (Lipinski definition) is 1. The third kappa shape index (κ3) is 5.36. The van der Waals surface area contributed by atoms with Crippen molar-refractivity contribution in [3.63, 3.8) is 0 Å². The average Bonchev–Trinajstić information content (AvgIpc) is 2.36. The van der Waals surface area contributed by atoms with E-state index in [1.54, 1.807) is 0 Å². The first-order chi connectivity index (χ1) is 8.52. The maximum absolute atomic E-state index is 12.0. The Bertz CT molecular complexity index is 247. The van der Waals surface area contributed by atoms with Gasteiger partial charge >= 0.3 is 0 Å². The topological polar surface area (TPSA) is 49.6 Å². The molecular weight excluding hydrogens is 226 g/mol. The van der Waals surface area contributed by atoms with Crippen LogP contribution in [-0.4, -0.2) is 55.0 Å². The Kier molecular flexibility index (Phi) is 6.65. The molecule has 18 heavy (non-hydrogen) atoms. The third-order valence-electron chi connectivity index (χ3n) is 3.63. The van der Waals surface area contributed by atoms with Gasteiger partial charge in [-0.1, -0.05) is 20.8 Å². The lowest BCUT2D eigenvalue weighted by atomic mass is 10.1. The van der Waals surface area contributed by atoms with E-state index in [-0.39, 0.29) is 0 Å². The predicted octanol–water partition coefficient (Wildman–Crippen LogP) is 1.16. The summed E-state index contributed by atoms with van der Waals surface area (Å²) in [5.74, 6) is 1.49. The Morgan fingerprint density at radius 2 is 1.78 bits per heavy atom. The van der Waals surface area contributed by atoms with E-state index in [1.165, 1.54) is 0 Å². The van der Waals surface area contributed by atoms with Gasteiger partial charge in [-0.15, -0.1) is 0 Å². The Morgan fingerprint density at radius 1 is 1.17 bits per heavy atom. The van der Waals surface area contributed by atoms with Gasteiger partial charge in [0.05, 0.1) is 0 Å². The molecule has 1 rings (SSSR count). The number of hydrogen-bond acceptors (Lipinski definition) is 3. The van der Waals surface area contributed by atoms with E-state index in [0.717, 1.165) is 45.7 Å². The SMILES string of the molecule is CC(C)CCC(=O)N1CCN(CC(C)CN)CC1. The highest BCUT2D eigenvalue weighted by Gasteiger charge is 2.21. The van der Waals surface area contributed by atoms with Crippen LogP contribution < -0.4 is 5.73 Å². The van der Waals surface area contributed by atoms with Crippen molar-refractivity contribution in [2.24, 2.45) is 17.6 Å². The van der Waals surface area contributed by atoms with E-state index >= 15 is 0 Å². The molecule has 4 heteroatoms. The molecule has 1 atom stereocenters. The molecule has 106 valence electrons. The summed E-state index contributed by atoms with van der Waals surface area (Å²) in [6.45, 7) is 12.1. The smallest absolute Gasteiger partial charge is 0.222 e. The van der Waals surface area contributed by atoms with E-state index < -0.39 is 0 Å². The maximum atomic E-state index is 12.0. The fourth-order valence-corrected chi connectivity index (χ4v) is 2.27. The zero-order valence-corrected chi connectivity index (χ0v) is 12.2. The zero-order chi connectivity index (χ0) is 13.5. The summed E-state index contributed by atoms with van der Waals surface area (Å²) in [5, 5.41) is 0. The predicted molar refractivity (Wildman–Crippen MR) is 75.3 cm³/mol. The number of amides is 1. The summed E-state index contributed by atoms with van der Waals surface area (Å²) in [4.78, 5) is 16.4. The van der Waals surface area contributed by atoms with Crippen molar-refractivity contribution in [3.05, 3.63) is 0 Å². The molecule has 0 aromatic carbocycles. The number of nitrogens with two attached hydrogens (primary N) is 1. The van der Waals surface area contributed by atoms with Crippen molar-refractivity contribution in [3.8, 4) is 0 Å². The Morgan fingerprint density at radius 3 is 2.28 bits per heavy atom. The molecule has 1 aliphatic heterocycles. The zero-order valence-electron chi connectivity index (χ0n) is 12.2. The average molecular weight is 255 g/mol. The molecule has 0 saturated carbocycles. The molecule has 1 unspecified atom stereocenters. The molecule has 0 spiro atoms. The molecule has 1 saturated heterocycles. The van der Waals surface area contributed by atoms with Crippen LogP contribution in [-0.2, 0) is 4.79 Å². The highest BCUT2D eigenvalue weighted by molar-refractivity contribution is 5.76. The van der Waals surface area contributed by atoms with Gasteiger partial charge < -0.3 is 10.6 Å². The van der Waals surface area contributed by atoms with Gasteiger partial charge in [0.25, 0.3) is 0 Å². The first-order valence-electron chi connectivity index (χ1n) is 7.23. The van der Waals surface area contributed by atoms with Crippen LogP contribution in [0.15, 0.2) is 0 Å².